The lowest BCUT2D eigenvalue weighted by atomic mass is 10.2. The van der Waals surface area contributed by atoms with Crippen LogP contribution in [0.2, 0.25) is 5.02 Å². The summed E-state index contributed by atoms with van der Waals surface area (Å²) in [7, 11) is 0. The van der Waals surface area contributed by atoms with Gasteiger partial charge in [-0.2, -0.15) is 0 Å². The minimum atomic E-state index is -0.543. The van der Waals surface area contributed by atoms with Gasteiger partial charge in [0.1, 0.15) is 6.04 Å². The summed E-state index contributed by atoms with van der Waals surface area (Å²) in [6.45, 7) is 0. The number of halogens is 1. The maximum atomic E-state index is 12.4. The number of benzene rings is 2. The van der Waals surface area contributed by atoms with Crippen molar-refractivity contribution in [1.29, 1.82) is 0 Å². The van der Waals surface area contributed by atoms with Crippen LogP contribution < -0.4 is 10.2 Å². The van der Waals surface area contributed by atoms with E-state index in [0.717, 1.165) is 5.69 Å². The predicted octanol–water partition coefficient (Wildman–Crippen LogP) is 3.08. The molecule has 1 aliphatic rings. The summed E-state index contributed by atoms with van der Waals surface area (Å²) in [5, 5.41) is 3.58. The summed E-state index contributed by atoms with van der Waals surface area (Å²) in [4.78, 5) is 25.7. The van der Waals surface area contributed by atoms with Crippen LogP contribution in [-0.2, 0) is 9.59 Å². The molecule has 2 amide bonds. The van der Waals surface area contributed by atoms with Gasteiger partial charge in [-0.3, -0.25) is 9.59 Å². The summed E-state index contributed by atoms with van der Waals surface area (Å²) < 4.78 is 0. The number of carbonyl (C=O) groups excluding carboxylic acids is 2. The van der Waals surface area contributed by atoms with Crippen molar-refractivity contribution in [3.8, 4) is 0 Å². The number of rotatable bonds is 3. The number of hydrogen-bond acceptors (Lipinski definition) is 3. The van der Waals surface area contributed by atoms with Gasteiger partial charge in [0, 0.05) is 10.7 Å². The summed E-state index contributed by atoms with van der Waals surface area (Å²) >= 11 is 5.92. The van der Waals surface area contributed by atoms with Crippen molar-refractivity contribution in [1.82, 2.24) is 0 Å². The maximum absolute atomic E-state index is 12.4. The van der Waals surface area contributed by atoms with Gasteiger partial charge in [-0.25, -0.2) is 4.90 Å². The second kappa shape index (κ2) is 5.58. The number of nitrogens with one attached hydrogen (secondary N) is 1. The van der Waals surface area contributed by atoms with Crippen molar-refractivity contribution in [2.45, 2.75) is 12.5 Å². The normalized spacial score (nSPS) is 18.1. The molecule has 5 heteroatoms. The Labute approximate surface area is 127 Å². The van der Waals surface area contributed by atoms with Crippen LogP contribution >= 0.6 is 11.6 Å². The Kier molecular flexibility index (Phi) is 3.62. The van der Waals surface area contributed by atoms with Gasteiger partial charge < -0.3 is 5.32 Å². The SMILES string of the molecule is O=C1CC(Nc2ccccc2)C(=O)N1c1cccc(Cl)c1. The summed E-state index contributed by atoms with van der Waals surface area (Å²) in [6.07, 6.45) is 0.139. The zero-order valence-electron chi connectivity index (χ0n) is 11.1. The van der Waals surface area contributed by atoms with Gasteiger partial charge in [0.25, 0.3) is 5.91 Å². The van der Waals surface area contributed by atoms with Gasteiger partial charge >= 0.3 is 0 Å². The molecule has 0 spiro atoms. The number of nitrogens with zero attached hydrogens (tertiary/aromatic N) is 1. The topological polar surface area (TPSA) is 49.4 Å². The van der Waals surface area contributed by atoms with Gasteiger partial charge in [-0.1, -0.05) is 35.9 Å². The number of carbonyl (C=O) groups is 2. The minimum Gasteiger partial charge on any atom is -0.373 e. The van der Waals surface area contributed by atoms with E-state index in [1.807, 2.05) is 30.3 Å². The van der Waals surface area contributed by atoms with Gasteiger partial charge in [-0.15, -0.1) is 0 Å². The number of imide groups is 1. The molecule has 0 aliphatic carbocycles. The van der Waals surface area contributed by atoms with Crippen molar-refractivity contribution in [3.63, 3.8) is 0 Å². The monoisotopic (exact) mass is 300 g/mol. The van der Waals surface area contributed by atoms with Crippen LogP contribution in [-0.4, -0.2) is 17.9 Å². The molecular weight excluding hydrogens is 288 g/mol. The summed E-state index contributed by atoms with van der Waals surface area (Å²) in [5.41, 5.74) is 1.33. The van der Waals surface area contributed by atoms with Crippen molar-refractivity contribution in [2.75, 3.05) is 10.2 Å². The summed E-state index contributed by atoms with van der Waals surface area (Å²) in [6, 6.07) is 15.6. The average Bonchev–Trinajstić information content (AvgIpc) is 2.74. The molecule has 0 aromatic heterocycles. The second-order valence-electron chi connectivity index (χ2n) is 4.81. The molecule has 1 N–H and O–H groups in total. The third-order valence-corrected chi connectivity index (χ3v) is 3.56. The molecule has 1 fully saturated rings. The first-order valence-electron chi connectivity index (χ1n) is 6.59. The molecule has 21 heavy (non-hydrogen) atoms. The van der Waals surface area contributed by atoms with Crippen LogP contribution in [0, 0.1) is 0 Å². The average molecular weight is 301 g/mol. The van der Waals surface area contributed by atoms with Crippen LogP contribution in [0.15, 0.2) is 54.6 Å². The molecule has 1 saturated heterocycles. The van der Waals surface area contributed by atoms with Crippen LogP contribution in [0.1, 0.15) is 6.42 Å². The Morgan fingerprint density at radius 1 is 1.05 bits per heavy atom. The van der Waals surface area contributed by atoms with Crippen molar-refractivity contribution in [2.24, 2.45) is 0 Å². The minimum absolute atomic E-state index is 0.139. The Morgan fingerprint density at radius 2 is 1.81 bits per heavy atom. The molecule has 1 heterocycles. The lowest BCUT2D eigenvalue weighted by molar-refractivity contribution is -0.121. The van der Waals surface area contributed by atoms with Crippen molar-refractivity contribution in [3.05, 3.63) is 59.6 Å². The maximum Gasteiger partial charge on any atom is 0.256 e. The van der Waals surface area contributed by atoms with E-state index >= 15 is 0 Å². The zero-order valence-corrected chi connectivity index (χ0v) is 11.9. The third kappa shape index (κ3) is 2.76. The highest BCUT2D eigenvalue weighted by Gasteiger charge is 2.39. The highest BCUT2D eigenvalue weighted by molar-refractivity contribution is 6.31. The van der Waals surface area contributed by atoms with Crippen LogP contribution in [0.3, 0.4) is 0 Å². The van der Waals surface area contributed by atoms with Crippen molar-refractivity contribution >= 4 is 34.8 Å². The Balaban J connectivity index is 1.82. The molecule has 3 rings (SSSR count). The molecule has 1 aliphatic heterocycles. The van der Waals surface area contributed by atoms with E-state index in [4.69, 9.17) is 11.6 Å². The number of anilines is 2. The Hall–Kier alpha value is -2.33. The molecular formula is C16H13ClN2O2. The molecule has 0 bridgehead atoms. The van der Waals surface area contributed by atoms with Gasteiger partial charge in [-0.05, 0) is 30.3 Å². The fraction of sp³-hybridized carbons (Fsp3) is 0.125. The van der Waals surface area contributed by atoms with E-state index in [2.05, 4.69) is 5.32 Å². The van der Waals surface area contributed by atoms with E-state index < -0.39 is 6.04 Å². The molecule has 4 nitrogen and oxygen atoms in total. The quantitative estimate of drug-likeness (QED) is 0.886. The van der Waals surface area contributed by atoms with Gasteiger partial charge in [0.05, 0.1) is 12.1 Å². The van der Waals surface area contributed by atoms with E-state index in [1.165, 1.54) is 4.90 Å². The molecule has 1 unspecified atom stereocenters. The molecule has 0 saturated carbocycles. The largest absolute Gasteiger partial charge is 0.373 e. The standard InChI is InChI=1S/C16H13ClN2O2/c17-11-5-4-8-13(9-11)19-15(20)10-14(16(19)21)18-12-6-2-1-3-7-12/h1-9,14,18H,10H2. The smallest absolute Gasteiger partial charge is 0.256 e. The number of hydrogen-bond donors (Lipinski definition) is 1. The highest BCUT2D eigenvalue weighted by atomic mass is 35.5. The Bertz CT molecular complexity index is 688. The fourth-order valence-corrected chi connectivity index (χ4v) is 2.55. The fourth-order valence-electron chi connectivity index (χ4n) is 2.37. The third-order valence-electron chi connectivity index (χ3n) is 3.33. The first-order valence-corrected chi connectivity index (χ1v) is 6.97. The summed E-state index contributed by atoms with van der Waals surface area (Å²) in [5.74, 6) is -0.484. The number of para-hydroxylation sites is 1. The van der Waals surface area contributed by atoms with E-state index in [1.54, 1.807) is 24.3 Å². The number of amides is 2. The van der Waals surface area contributed by atoms with Crippen LogP contribution in [0.25, 0.3) is 0 Å². The first kappa shape index (κ1) is 13.6. The Morgan fingerprint density at radius 3 is 2.52 bits per heavy atom. The second-order valence-corrected chi connectivity index (χ2v) is 5.25. The van der Waals surface area contributed by atoms with E-state index in [0.29, 0.717) is 10.7 Å². The van der Waals surface area contributed by atoms with Crippen molar-refractivity contribution < 1.29 is 9.59 Å². The van der Waals surface area contributed by atoms with Gasteiger partial charge in [0.15, 0.2) is 0 Å². The van der Waals surface area contributed by atoms with Crippen LogP contribution in [0.4, 0.5) is 11.4 Å². The lowest BCUT2D eigenvalue weighted by Gasteiger charge is -2.16. The molecule has 106 valence electrons. The van der Waals surface area contributed by atoms with Crippen LogP contribution in [0.5, 0.6) is 0 Å². The molecule has 2 aromatic carbocycles. The molecule has 0 radical (unpaired) electrons. The zero-order chi connectivity index (χ0) is 14.8. The molecule has 1 atom stereocenters. The highest BCUT2D eigenvalue weighted by Crippen LogP contribution is 2.26. The van der Waals surface area contributed by atoms with E-state index in [-0.39, 0.29) is 18.2 Å². The van der Waals surface area contributed by atoms with Gasteiger partial charge in [0.2, 0.25) is 5.91 Å². The first-order chi connectivity index (χ1) is 10.1. The lowest BCUT2D eigenvalue weighted by Crippen LogP contribution is -2.34. The molecule has 2 aromatic rings. The van der Waals surface area contributed by atoms with E-state index in [9.17, 15) is 9.59 Å². The predicted molar refractivity (Wildman–Crippen MR) is 82.4 cm³/mol.